The van der Waals surface area contributed by atoms with Crippen molar-refractivity contribution in [3.8, 4) is 0 Å². The third kappa shape index (κ3) is 3.11. The number of benzene rings is 2. The van der Waals surface area contributed by atoms with Gasteiger partial charge in [0.25, 0.3) is 0 Å². The second-order valence-electron chi connectivity index (χ2n) is 4.84. The van der Waals surface area contributed by atoms with Gasteiger partial charge in [0.15, 0.2) is 0 Å². The molecule has 18 heavy (non-hydrogen) atoms. The number of nitrogen functional groups attached to an aromatic ring is 1. The quantitative estimate of drug-likeness (QED) is 0.804. The molecule has 2 aromatic rings. The van der Waals surface area contributed by atoms with Crippen LogP contribution in [0.25, 0.3) is 0 Å². The fraction of sp³-hybridized carbons (Fsp3) is 0.250. The summed E-state index contributed by atoms with van der Waals surface area (Å²) < 4.78 is 0. The Labute approximate surface area is 109 Å². The van der Waals surface area contributed by atoms with E-state index in [0.29, 0.717) is 6.04 Å². The Bertz CT molecular complexity index is 491. The molecule has 0 heterocycles. The van der Waals surface area contributed by atoms with E-state index >= 15 is 0 Å². The lowest BCUT2D eigenvalue weighted by molar-refractivity contribution is 0.529. The van der Waals surface area contributed by atoms with Gasteiger partial charge in [-0.2, -0.15) is 0 Å². The molecular weight excluding hydrogens is 220 g/mol. The Kier molecular flexibility index (Phi) is 4.00. The van der Waals surface area contributed by atoms with Crippen LogP contribution in [0.5, 0.6) is 0 Å². The number of nitrogens with one attached hydrogen (secondary N) is 1. The van der Waals surface area contributed by atoms with Crippen molar-refractivity contribution in [2.24, 2.45) is 0 Å². The summed E-state index contributed by atoms with van der Waals surface area (Å²) in [5.74, 6) is 0. The van der Waals surface area contributed by atoms with Gasteiger partial charge in [-0.1, -0.05) is 42.5 Å². The number of hydrogen-bond donors (Lipinski definition) is 2. The summed E-state index contributed by atoms with van der Waals surface area (Å²) in [6, 6.07) is 19.1. The summed E-state index contributed by atoms with van der Waals surface area (Å²) in [5, 5.41) is 3.58. The normalized spacial score (nSPS) is 12.6. The van der Waals surface area contributed by atoms with Crippen LogP contribution < -0.4 is 11.1 Å². The van der Waals surface area contributed by atoms with E-state index in [-0.39, 0.29) is 6.04 Å². The number of rotatable bonds is 4. The van der Waals surface area contributed by atoms with Gasteiger partial charge in [0, 0.05) is 11.7 Å². The van der Waals surface area contributed by atoms with Gasteiger partial charge in [-0.3, -0.25) is 0 Å². The molecule has 0 radical (unpaired) electrons. The average Bonchev–Trinajstić information content (AvgIpc) is 2.37. The maximum atomic E-state index is 5.88. The minimum absolute atomic E-state index is 0.190. The molecule has 2 rings (SSSR count). The first-order valence-corrected chi connectivity index (χ1v) is 6.33. The van der Waals surface area contributed by atoms with Gasteiger partial charge in [-0.15, -0.1) is 0 Å². The Hall–Kier alpha value is -1.80. The van der Waals surface area contributed by atoms with Crippen molar-refractivity contribution in [2.75, 3.05) is 5.73 Å². The number of hydrogen-bond acceptors (Lipinski definition) is 2. The second-order valence-corrected chi connectivity index (χ2v) is 4.84. The summed E-state index contributed by atoms with van der Waals surface area (Å²) in [7, 11) is 0. The number of nitrogens with two attached hydrogens (primary N) is 1. The molecule has 94 valence electrons. The number of anilines is 1. The van der Waals surface area contributed by atoms with Gasteiger partial charge in [0.05, 0.1) is 6.04 Å². The first kappa shape index (κ1) is 12.7. The van der Waals surface area contributed by atoms with Crippen LogP contribution in [0.1, 0.15) is 31.0 Å². The molecule has 3 N–H and O–H groups in total. The standard InChI is InChI=1S/C16H20N2/c1-12(2)18-16(13-7-4-3-5-8-13)14-9-6-10-15(17)11-14/h3-12,16,18H,17H2,1-2H3. The zero-order chi connectivity index (χ0) is 13.0. The van der Waals surface area contributed by atoms with Crippen molar-refractivity contribution >= 4 is 5.69 Å². The van der Waals surface area contributed by atoms with E-state index < -0.39 is 0 Å². The lowest BCUT2D eigenvalue weighted by Crippen LogP contribution is -2.29. The van der Waals surface area contributed by atoms with Crippen molar-refractivity contribution in [2.45, 2.75) is 25.9 Å². The molecule has 0 aliphatic heterocycles. The second kappa shape index (κ2) is 5.69. The van der Waals surface area contributed by atoms with Gasteiger partial charge in [-0.25, -0.2) is 0 Å². The van der Waals surface area contributed by atoms with E-state index in [4.69, 9.17) is 5.73 Å². The molecule has 0 amide bonds. The monoisotopic (exact) mass is 240 g/mol. The van der Waals surface area contributed by atoms with Gasteiger partial charge in [-0.05, 0) is 37.1 Å². The Balaban J connectivity index is 2.37. The largest absolute Gasteiger partial charge is 0.399 e. The molecule has 2 aromatic carbocycles. The highest BCUT2D eigenvalue weighted by molar-refractivity contribution is 5.44. The van der Waals surface area contributed by atoms with Crippen LogP contribution >= 0.6 is 0 Å². The third-order valence-corrected chi connectivity index (χ3v) is 2.88. The van der Waals surface area contributed by atoms with Crippen LogP contribution in [0.15, 0.2) is 54.6 Å². The Morgan fingerprint density at radius 2 is 1.56 bits per heavy atom. The van der Waals surface area contributed by atoms with E-state index in [9.17, 15) is 0 Å². The van der Waals surface area contributed by atoms with Crippen LogP contribution in [0.3, 0.4) is 0 Å². The van der Waals surface area contributed by atoms with Gasteiger partial charge >= 0.3 is 0 Å². The predicted molar refractivity (Wildman–Crippen MR) is 77.4 cm³/mol. The summed E-state index contributed by atoms with van der Waals surface area (Å²) in [6.07, 6.45) is 0. The third-order valence-electron chi connectivity index (χ3n) is 2.88. The van der Waals surface area contributed by atoms with Crippen molar-refractivity contribution in [3.63, 3.8) is 0 Å². The fourth-order valence-electron chi connectivity index (χ4n) is 2.10. The first-order chi connectivity index (χ1) is 8.66. The topological polar surface area (TPSA) is 38.0 Å². The van der Waals surface area contributed by atoms with Gasteiger partial charge in [0.1, 0.15) is 0 Å². The molecule has 0 saturated heterocycles. The van der Waals surface area contributed by atoms with Gasteiger partial charge < -0.3 is 11.1 Å². The molecule has 0 spiro atoms. The van der Waals surface area contributed by atoms with E-state index in [1.165, 1.54) is 11.1 Å². The van der Waals surface area contributed by atoms with Crippen molar-refractivity contribution in [3.05, 3.63) is 65.7 Å². The molecule has 0 aromatic heterocycles. The highest BCUT2D eigenvalue weighted by atomic mass is 14.9. The maximum Gasteiger partial charge on any atom is 0.0579 e. The predicted octanol–water partition coefficient (Wildman–Crippen LogP) is 3.36. The summed E-state index contributed by atoms with van der Waals surface area (Å²) in [4.78, 5) is 0. The molecule has 0 fully saturated rings. The zero-order valence-corrected chi connectivity index (χ0v) is 10.9. The van der Waals surface area contributed by atoms with Gasteiger partial charge in [0.2, 0.25) is 0 Å². The zero-order valence-electron chi connectivity index (χ0n) is 10.9. The molecule has 0 aliphatic carbocycles. The molecule has 1 unspecified atom stereocenters. The molecule has 1 atom stereocenters. The van der Waals surface area contributed by atoms with E-state index in [1.807, 2.05) is 24.3 Å². The molecule has 2 nitrogen and oxygen atoms in total. The van der Waals surface area contributed by atoms with Crippen molar-refractivity contribution in [1.29, 1.82) is 0 Å². The van der Waals surface area contributed by atoms with Crippen molar-refractivity contribution in [1.82, 2.24) is 5.32 Å². The molecular formula is C16H20N2. The average molecular weight is 240 g/mol. The molecule has 0 aliphatic rings. The summed E-state index contributed by atoms with van der Waals surface area (Å²) >= 11 is 0. The SMILES string of the molecule is CC(C)NC(c1ccccc1)c1cccc(N)c1. The lowest BCUT2D eigenvalue weighted by atomic mass is 9.97. The summed E-state index contributed by atoms with van der Waals surface area (Å²) in [5.41, 5.74) is 9.15. The highest BCUT2D eigenvalue weighted by Crippen LogP contribution is 2.23. The lowest BCUT2D eigenvalue weighted by Gasteiger charge is -2.22. The highest BCUT2D eigenvalue weighted by Gasteiger charge is 2.14. The maximum absolute atomic E-state index is 5.88. The van der Waals surface area contributed by atoms with Crippen LogP contribution in [0, 0.1) is 0 Å². The van der Waals surface area contributed by atoms with Crippen LogP contribution in [0.4, 0.5) is 5.69 Å². The Morgan fingerprint density at radius 1 is 0.889 bits per heavy atom. The van der Waals surface area contributed by atoms with Crippen LogP contribution in [-0.4, -0.2) is 6.04 Å². The molecule has 0 saturated carbocycles. The smallest absolute Gasteiger partial charge is 0.0579 e. The minimum Gasteiger partial charge on any atom is -0.399 e. The minimum atomic E-state index is 0.190. The fourth-order valence-corrected chi connectivity index (χ4v) is 2.10. The molecule has 2 heteroatoms. The summed E-state index contributed by atoms with van der Waals surface area (Å²) in [6.45, 7) is 4.31. The van der Waals surface area contributed by atoms with Crippen LogP contribution in [-0.2, 0) is 0 Å². The van der Waals surface area contributed by atoms with E-state index in [0.717, 1.165) is 5.69 Å². The van der Waals surface area contributed by atoms with E-state index in [1.54, 1.807) is 0 Å². The van der Waals surface area contributed by atoms with Crippen molar-refractivity contribution < 1.29 is 0 Å². The van der Waals surface area contributed by atoms with E-state index in [2.05, 4.69) is 49.5 Å². The Morgan fingerprint density at radius 3 is 2.17 bits per heavy atom. The van der Waals surface area contributed by atoms with Crippen LogP contribution in [0.2, 0.25) is 0 Å². The first-order valence-electron chi connectivity index (χ1n) is 6.33. The molecule has 0 bridgehead atoms.